The van der Waals surface area contributed by atoms with Crippen molar-refractivity contribution in [1.29, 1.82) is 0 Å². The topological polar surface area (TPSA) is 47.6 Å². The minimum Gasteiger partial charge on any atom is -0.482 e. The minimum atomic E-state index is -0.291. The van der Waals surface area contributed by atoms with Crippen molar-refractivity contribution in [2.24, 2.45) is 0 Å². The first kappa shape index (κ1) is 15.1. The van der Waals surface area contributed by atoms with Crippen LogP contribution in [0.2, 0.25) is 0 Å². The second-order valence-corrected chi connectivity index (χ2v) is 5.89. The largest absolute Gasteiger partial charge is 0.482 e. The van der Waals surface area contributed by atoms with Crippen molar-refractivity contribution in [2.45, 2.75) is 12.2 Å². The van der Waals surface area contributed by atoms with E-state index < -0.39 is 0 Å². The Balaban J connectivity index is 1.86. The van der Waals surface area contributed by atoms with E-state index >= 15 is 0 Å². The molecule has 0 radical (unpaired) electrons. The van der Waals surface area contributed by atoms with Crippen molar-refractivity contribution < 1.29 is 14.3 Å². The molecule has 0 spiro atoms. The van der Waals surface area contributed by atoms with Crippen LogP contribution in [0.4, 0.5) is 0 Å². The number of hydrogen-bond acceptors (Lipinski definition) is 3. The molecule has 3 rings (SSSR count). The fourth-order valence-corrected chi connectivity index (χ4v) is 2.76. The highest BCUT2D eigenvalue weighted by Gasteiger charge is 2.30. The van der Waals surface area contributed by atoms with Crippen molar-refractivity contribution in [3.05, 3.63) is 64.6 Å². The van der Waals surface area contributed by atoms with Crippen molar-refractivity contribution in [3.63, 3.8) is 0 Å². The zero-order chi connectivity index (χ0) is 15.4. The quantitative estimate of drug-likeness (QED) is 0.910. The molecule has 1 N–H and O–H groups in total. The number of halogens is 1. The molecule has 0 saturated carbocycles. The molecule has 114 valence electrons. The van der Waals surface area contributed by atoms with E-state index in [1.54, 1.807) is 0 Å². The SMILES string of the molecule is O=C1COC(C(Oc2ccccc2Br)c2ccccc2)CN1. The molecule has 5 heteroatoms. The van der Waals surface area contributed by atoms with Crippen LogP contribution < -0.4 is 10.1 Å². The van der Waals surface area contributed by atoms with E-state index in [1.165, 1.54) is 0 Å². The van der Waals surface area contributed by atoms with E-state index in [-0.39, 0.29) is 24.7 Å². The number of morpholine rings is 1. The molecule has 0 aliphatic carbocycles. The van der Waals surface area contributed by atoms with Crippen molar-refractivity contribution in [2.75, 3.05) is 13.2 Å². The molecule has 2 aromatic rings. The van der Waals surface area contributed by atoms with Gasteiger partial charge < -0.3 is 14.8 Å². The number of nitrogens with one attached hydrogen (secondary N) is 1. The lowest BCUT2D eigenvalue weighted by molar-refractivity contribution is -0.137. The van der Waals surface area contributed by atoms with Crippen molar-refractivity contribution in [3.8, 4) is 5.75 Å². The second kappa shape index (κ2) is 6.94. The van der Waals surface area contributed by atoms with Gasteiger partial charge in [0.05, 0.1) is 4.47 Å². The van der Waals surface area contributed by atoms with E-state index in [4.69, 9.17) is 9.47 Å². The first-order valence-corrected chi connectivity index (χ1v) is 7.88. The standard InChI is InChI=1S/C17H16BrNO3/c18-13-8-4-5-9-14(13)22-17(12-6-2-1-3-7-12)15-10-19-16(20)11-21-15/h1-9,15,17H,10-11H2,(H,19,20). The summed E-state index contributed by atoms with van der Waals surface area (Å²) in [5.74, 6) is 0.654. The second-order valence-electron chi connectivity index (χ2n) is 5.03. The van der Waals surface area contributed by atoms with Gasteiger partial charge in [-0.25, -0.2) is 0 Å². The number of benzene rings is 2. The Kier molecular flexibility index (Phi) is 4.75. The molecule has 1 amide bonds. The molecule has 1 aliphatic heterocycles. The molecule has 0 aromatic heterocycles. The van der Waals surface area contributed by atoms with Crippen LogP contribution in [0.1, 0.15) is 11.7 Å². The summed E-state index contributed by atoms with van der Waals surface area (Å²) in [6, 6.07) is 17.6. The van der Waals surface area contributed by atoms with Gasteiger partial charge in [0.25, 0.3) is 0 Å². The average Bonchev–Trinajstić information content (AvgIpc) is 2.56. The summed E-state index contributed by atoms with van der Waals surface area (Å²) in [5, 5.41) is 2.83. The van der Waals surface area contributed by atoms with Crippen LogP contribution in [0.15, 0.2) is 59.1 Å². The Bertz CT molecular complexity index is 637. The molecule has 2 atom stereocenters. The number of hydrogen-bond donors (Lipinski definition) is 1. The lowest BCUT2D eigenvalue weighted by atomic mass is 10.0. The summed E-state index contributed by atoms with van der Waals surface area (Å²) in [5.41, 5.74) is 1.01. The fraction of sp³-hybridized carbons (Fsp3) is 0.235. The third-order valence-corrected chi connectivity index (χ3v) is 4.14. The van der Waals surface area contributed by atoms with E-state index in [0.717, 1.165) is 15.8 Å². The first-order chi connectivity index (χ1) is 10.7. The predicted molar refractivity (Wildman–Crippen MR) is 86.7 cm³/mol. The van der Waals surface area contributed by atoms with Crippen LogP contribution >= 0.6 is 15.9 Å². The Hall–Kier alpha value is -1.85. The lowest BCUT2D eigenvalue weighted by Crippen LogP contribution is -2.46. The molecular weight excluding hydrogens is 346 g/mol. The van der Waals surface area contributed by atoms with Gasteiger partial charge in [-0.1, -0.05) is 42.5 Å². The molecule has 2 unspecified atom stereocenters. The molecule has 4 nitrogen and oxygen atoms in total. The average molecular weight is 362 g/mol. The highest BCUT2D eigenvalue weighted by Crippen LogP contribution is 2.32. The number of rotatable bonds is 4. The summed E-state index contributed by atoms with van der Waals surface area (Å²) in [6.45, 7) is 0.496. The summed E-state index contributed by atoms with van der Waals surface area (Å²) in [6.07, 6.45) is -0.521. The molecule has 1 aliphatic rings. The maximum Gasteiger partial charge on any atom is 0.246 e. The van der Waals surface area contributed by atoms with Gasteiger partial charge in [0, 0.05) is 6.54 Å². The van der Waals surface area contributed by atoms with Gasteiger partial charge in [0.2, 0.25) is 5.91 Å². The van der Waals surface area contributed by atoms with Crippen LogP contribution in [0, 0.1) is 0 Å². The van der Waals surface area contributed by atoms with Gasteiger partial charge in [-0.2, -0.15) is 0 Å². The van der Waals surface area contributed by atoms with Gasteiger partial charge >= 0.3 is 0 Å². The molecule has 1 fully saturated rings. The van der Waals surface area contributed by atoms with E-state index in [2.05, 4.69) is 21.2 Å². The maximum absolute atomic E-state index is 11.3. The van der Waals surface area contributed by atoms with Gasteiger partial charge in [0.1, 0.15) is 18.5 Å². The first-order valence-electron chi connectivity index (χ1n) is 7.08. The molecule has 0 bridgehead atoms. The van der Waals surface area contributed by atoms with Crippen molar-refractivity contribution >= 4 is 21.8 Å². The number of para-hydroxylation sites is 1. The molecule has 1 saturated heterocycles. The monoisotopic (exact) mass is 361 g/mol. The highest BCUT2D eigenvalue weighted by atomic mass is 79.9. The Morgan fingerprint density at radius 1 is 1.14 bits per heavy atom. The zero-order valence-corrected chi connectivity index (χ0v) is 13.5. The summed E-state index contributed by atoms with van der Waals surface area (Å²) in [4.78, 5) is 11.3. The summed E-state index contributed by atoms with van der Waals surface area (Å²) in [7, 11) is 0. The van der Waals surface area contributed by atoms with Gasteiger partial charge in [-0.15, -0.1) is 0 Å². The van der Waals surface area contributed by atoms with E-state index in [0.29, 0.717) is 6.54 Å². The van der Waals surface area contributed by atoms with Gasteiger partial charge in [-0.05, 0) is 33.6 Å². The molecule has 1 heterocycles. The van der Waals surface area contributed by atoms with Crippen LogP contribution in [-0.2, 0) is 9.53 Å². The number of ether oxygens (including phenoxy) is 2. The van der Waals surface area contributed by atoms with Crippen molar-refractivity contribution in [1.82, 2.24) is 5.32 Å². The normalized spacial score (nSPS) is 19.3. The molecule has 22 heavy (non-hydrogen) atoms. The van der Waals surface area contributed by atoms with E-state index in [1.807, 2.05) is 54.6 Å². The highest BCUT2D eigenvalue weighted by molar-refractivity contribution is 9.10. The summed E-state index contributed by atoms with van der Waals surface area (Å²) < 4.78 is 12.7. The fourth-order valence-electron chi connectivity index (χ4n) is 2.38. The number of amides is 1. The van der Waals surface area contributed by atoms with Crippen LogP contribution in [-0.4, -0.2) is 25.2 Å². The Labute approximate surface area is 137 Å². The van der Waals surface area contributed by atoms with Crippen LogP contribution in [0.25, 0.3) is 0 Å². The zero-order valence-electron chi connectivity index (χ0n) is 11.9. The van der Waals surface area contributed by atoms with Gasteiger partial charge in [0.15, 0.2) is 6.10 Å². The predicted octanol–water partition coefficient (Wildman–Crippen LogP) is 3.08. The Morgan fingerprint density at radius 3 is 2.55 bits per heavy atom. The maximum atomic E-state index is 11.3. The van der Waals surface area contributed by atoms with E-state index in [9.17, 15) is 4.79 Å². The van der Waals surface area contributed by atoms with Crippen LogP contribution in [0.5, 0.6) is 5.75 Å². The molecular formula is C17H16BrNO3. The minimum absolute atomic E-state index is 0.0628. The van der Waals surface area contributed by atoms with Gasteiger partial charge in [-0.3, -0.25) is 4.79 Å². The number of carbonyl (C=O) groups excluding carboxylic acids is 1. The smallest absolute Gasteiger partial charge is 0.246 e. The molecule has 2 aromatic carbocycles. The third kappa shape index (κ3) is 3.48. The Morgan fingerprint density at radius 2 is 1.86 bits per heavy atom. The summed E-state index contributed by atoms with van der Waals surface area (Å²) >= 11 is 3.50. The lowest BCUT2D eigenvalue weighted by Gasteiger charge is -2.31. The van der Waals surface area contributed by atoms with Crippen LogP contribution in [0.3, 0.4) is 0 Å². The third-order valence-electron chi connectivity index (χ3n) is 3.49. The number of carbonyl (C=O) groups is 1.